The second-order valence-corrected chi connectivity index (χ2v) is 7.33. The molecule has 4 nitrogen and oxygen atoms in total. The number of hydrogen-bond donors (Lipinski definition) is 2. The molecule has 1 saturated heterocycles. The van der Waals surface area contributed by atoms with Crippen LogP contribution < -0.4 is 4.90 Å². The number of aromatic hydroxyl groups is 1. The molecule has 6 heteroatoms. The lowest BCUT2D eigenvalue weighted by molar-refractivity contribution is -0.917. The molecule has 0 unspecified atom stereocenters. The van der Waals surface area contributed by atoms with Gasteiger partial charge in [0.05, 0.1) is 31.1 Å². The van der Waals surface area contributed by atoms with Crippen molar-refractivity contribution in [2.45, 2.75) is 6.54 Å². The van der Waals surface area contributed by atoms with Crippen LogP contribution in [0.4, 0.5) is 0 Å². The number of thiophene rings is 1. The van der Waals surface area contributed by atoms with Gasteiger partial charge in [-0.25, -0.2) is 0 Å². The Hall–Kier alpha value is -1.37. The van der Waals surface area contributed by atoms with Gasteiger partial charge < -0.3 is 14.9 Å². The summed E-state index contributed by atoms with van der Waals surface area (Å²) < 4.78 is 0.978. The largest absolute Gasteiger partial charge is 0.507 e. The summed E-state index contributed by atoms with van der Waals surface area (Å²) in [7, 11) is 0. The van der Waals surface area contributed by atoms with Crippen molar-refractivity contribution < 1.29 is 14.8 Å². The first-order valence-electron chi connectivity index (χ1n) is 7.27. The summed E-state index contributed by atoms with van der Waals surface area (Å²) in [4.78, 5) is 16.4. The van der Waals surface area contributed by atoms with Crippen molar-refractivity contribution in [2.24, 2.45) is 0 Å². The first-order chi connectivity index (χ1) is 10.6. The minimum absolute atomic E-state index is 0.138. The van der Waals surface area contributed by atoms with Gasteiger partial charge in [-0.1, -0.05) is 22.0 Å². The van der Waals surface area contributed by atoms with Crippen LogP contribution in [-0.4, -0.2) is 42.1 Å². The first-order valence-corrected chi connectivity index (χ1v) is 8.94. The molecule has 116 valence electrons. The molecule has 3 rings (SSSR count). The number of quaternary nitrogens is 1. The van der Waals surface area contributed by atoms with Crippen LogP contribution in [0.5, 0.6) is 5.75 Å². The molecule has 2 heterocycles. The second-order valence-electron chi connectivity index (χ2n) is 5.47. The molecule has 1 fully saturated rings. The number of carbonyl (C=O) groups excluding carboxylic acids is 1. The third-order valence-corrected chi connectivity index (χ3v) is 5.32. The zero-order valence-corrected chi connectivity index (χ0v) is 14.5. The number of halogens is 1. The van der Waals surface area contributed by atoms with E-state index in [-0.39, 0.29) is 5.91 Å². The number of amides is 1. The number of carbonyl (C=O) groups is 1. The molecule has 0 aliphatic carbocycles. The summed E-state index contributed by atoms with van der Waals surface area (Å²) in [5.41, 5.74) is 0.947. The van der Waals surface area contributed by atoms with E-state index in [0.29, 0.717) is 5.75 Å². The van der Waals surface area contributed by atoms with Crippen LogP contribution in [0, 0.1) is 0 Å². The summed E-state index contributed by atoms with van der Waals surface area (Å²) in [5.74, 6) is 0.479. The molecule has 0 spiro atoms. The lowest BCUT2D eigenvalue weighted by Gasteiger charge is -2.32. The minimum Gasteiger partial charge on any atom is -0.507 e. The fourth-order valence-corrected chi connectivity index (χ4v) is 3.82. The Morgan fingerprint density at radius 2 is 2.09 bits per heavy atom. The predicted octanol–water partition coefficient (Wildman–Crippen LogP) is 1.76. The van der Waals surface area contributed by atoms with Crippen molar-refractivity contribution in [3.63, 3.8) is 0 Å². The summed E-state index contributed by atoms with van der Waals surface area (Å²) in [6.07, 6.45) is 0. The summed E-state index contributed by atoms with van der Waals surface area (Å²) >= 11 is 4.94. The van der Waals surface area contributed by atoms with Gasteiger partial charge in [-0.15, -0.1) is 11.3 Å². The zero-order valence-electron chi connectivity index (χ0n) is 12.1. The maximum absolute atomic E-state index is 12.3. The lowest BCUT2D eigenvalue weighted by Crippen LogP contribution is -3.13. The lowest BCUT2D eigenvalue weighted by atomic mass is 10.1. The van der Waals surface area contributed by atoms with Crippen LogP contribution in [0.1, 0.15) is 15.2 Å². The normalized spacial score (nSPS) is 16.0. The molecule has 0 atom stereocenters. The highest BCUT2D eigenvalue weighted by atomic mass is 79.9. The molecule has 22 heavy (non-hydrogen) atoms. The SMILES string of the molecule is O=C(c1cccs1)N1CC[NH+](Cc2cc(Br)ccc2O)CC1. The molecule has 0 saturated carbocycles. The standard InChI is InChI=1S/C16H17BrN2O2S/c17-13-3-4-14(20)12(10-13)11-18-5-7-19(8-6-18)16(21)15-2-1-9-22-15/h1-4,9-10,20H,5-8,11H2/p+1. The van der Waals surface area contributed by atoms with Crippen LogP contribution in [-0.2, 0) is 6.54 Å². The average Bonchev–Trinajstić information content (AvgIpc) is 3.05. The smallest absolute Gasteiger partial charge is 0.264 e. The molecule has 1 aliphatic heterocycles. The maximum Gasteiger partial charge on any atom is 0.264 e. The third kappa shape index (κ3) is 3.51. The van der Waals surface area contributed by atoms with Gasteiger partial charge in [0.1, 0.15) is 12.3 Å². The number of phenolic OH excluding ortho intramolecular Hbond substituents is 1. The van der Waals surface area contributed by atoms with E-state index in [1.807, 2.05) is 34.5 Å². The van der Waals surface area contributed by atoms with Crippen molar-refractivity contribution in [3.05, 3.63) is 50.6 Å². The van der Waals surface area contributed by atoms with Crippen LogP contribution in [0.2, 0.25) is 0 Å². The van der Waals surface area contributed by atoms with E-state index in [9.17, 15) is 9.90 Å². The van der Waals surface area contributed by atoms with Gasteiger partial charge in [-0.3, -0.25) is 4.79 Å². The zero-order chi connectivity index (χ0) is 15.5. The fourth-order valence-electron chi connectivity index (χ4n) is 2.72. The van der Waals surface area contributed by atoms with Gasteiger partial charge in [0.2, 0.25) is 0 Å². The summed E-state index contributed by atoms with van der Waals surface area (Å²) in [6, 6.07) is 9.31. The Labute approximate surface area is 142 Å². The molecule has 0 radical (unpaired) electrons. The van der Waals surface area contributed by atoms with Crippen LogP contribution >= 0.6 is 27.3 Å². The van der Waals surface area contributed by atoms with E-state index < -0.39 is 0 Å². The van der Waals surface area contributed by atoms with Gasteiger partial charge in [0.25, 0.3) is 5.91 Å². The van der Waals surface area contributed by atoms with E-state index in [2.05, 4.69) is 15.9 Å². The fraction of sp³-hybridized carbons (Fsp3) is 0.312. The molecule has 2 aromatic rings. The Morgan fingerprint density at radius 1 is 1.32 bits per heavy atom. The Bertz CT molecular complexity index is 652. The quantitative estimate of drug-likeness (QED) is 0.850. The van der Waals surface area contributed by atoms with Crippen LogP contribution in [0.3, 0.4) is 0 Å². The molecule has 1 aromatic carbocycles. The van der Waals surface area contributed by atoms with E-state index in [1.165, 1.54) is 16.2 Å². The predicted molar refractivity (Wildman–Crippen MR) is 90.4 cm³/mol. The molecule has 1 aromatic heterocycles. The van der Waals surface area contributed by atoms with Gasteiger partial charge in [0, 0.05) is 10.0 Å². The highest BCUT2D eigenvalue weighted by Crippen LogP contribution is 2.21. The van der Waals surface area contributed by atoms with Crippen molar-refractivity contribution >= 4 is 33.2 Å². The minimum atomic E-state index is 0.138. The highest BCUT2D eigenvalue weighted by molar-refractivity contribution is 9.10. The number of hydrogen-bond acceptors (Lipinski definition) is 3. The average molecular weight is 382 g/mol. The van der Waals surface area contributed by atoms with E-state index in [4.69, 9.17) is 0 Å². The van der Waals surface area contributed by atoms with E-state index >= 15 is 0 Å². The Kier molecular flexibility index (Phi) is 4.81. The number of nitrogens with one attached hydrogen (secondary N) is 1. The van der Waals surface area contributed by atoms with Crippen molar-refractivity contribution in [1.82, 2.24) is 4.90 Å². The van der Waals surface area contributed by atoms with Crippen LogP contribution in [0.25, 0.3) is 0 Å². The van der Waals surface area contributed by atoms with Gasteiger partial charge in [0.15, 0.2) is 0 Å². The molecule has 0 bridgehead atoms. The highest BCUT2D eigenvalue weighted by Gasteiger charge is 2.25. The van der Waals surface area contributed by atoms with Gasteiger partial charge >= 0.3 is 0 Å². The third-order valence-electron chi connectivity index (χ3n) is 3.97. The number of phenols is 1. The Balaban J connectivity index is 1.58. The summed E-state index contributed by atoms with van der Waals surface area (Å²) in [5, 5.41) is 11.9. The number of rotatable bonds is 3. The molecule has 1 aliphatic rings. The second kappa shape index (κ2) is 6.81. The maximum atomic E-state index is 12.3. The van der Waals surface area contributed by atoms with Crippen molar-refractivity contribution in [1.29, 1.82) is 0 Å². The number of benzene rings is 1. The number of nitrogens with zero attached hydrogens (tertiary/aromatic N) is 1. The Morgan fingerprint density at radius 3 is 2.77 bits per heavy atom. The molecule has 1 amide bonds. The van der Waals surface area contributed by atoms with Crippen molar-refractivity contribution in [3.8, 4) is 5.75 Å². The van der Waals surface area contributed by atoms with Gasteiger partial charge in [-0.2, -0.15) is 0 Å². The van der Waals surface area contributed by atoms with Gasteiger partial charge in [-0.05, 0) is 29.6 Å². The van der Waals surface area contributed by atoms with Crippen molar-refractivity contribution in [2.75, 3.05) is 26.2 Å². The van der Waals surface area contributed by atoms with Crippen LogP contribution in [0.15, 0.2) is 40.2 Å². The summed E-state index contributed by atoms with van der Waals surface area (Å²) in [6.45, 7) is 4.13. The molecular formula is C16H18BrN2O2S+. The topological polar surface area (TPSA) is 45.0 Å². The first kappa shape index (κ1) is 15.5. The monoisotopic (exact) mass is 381 g/mol. The van der Waals surface area contributed by atoms with E-state index in [1.54, 1.807) is 6.07 Å². The van der Waals surface area contributed by atoms with E-state index in [0.717, 1.165) is 47.6 Å². The molecular weight excluding hydrogens is 364 g/mol. The number of piperazine rings is 1. The molecule has 2 N–H and O–H groups in total.